The molecule has 0 fully saturated rings. The summed E-state index contributed by atoms with van der Waals surface area (Å²) in [5.74, 6) is 0. The number of carbonyl (C=O) groups is 1. The van der Waals surface area contributed by atoms with Crippen molar-refractivity contribution in [3.63, 3.8) is 0 Å². The quantitative estimate of drug-likeness (QED) is 0.634. The van der Waals surface area contributed by atoms with Gasteiger partial charge in [-0.3, -0.25) is 0 Å². The number of rotatable bonds is 5. The van der Waals surface area contributed by atoms with Crippen LogP contribution in [-0.2, 0) is 11.3 Å². The summed E-state index contributed by atoms with van der Waals surface area (Å²) < 4.78 is 6.52. The minimum atomic E-state index is -0.496. The standard InChI is InChI=1S/C19H25BrN2O2S/c1-13(17-10-15(20)12-25-17)21-16-9-7-6-8-14(16)11-22(5)18(23)24-19(2,3)4/h6-10,12-13,21H,11H2,1-5H3. The Bertz CT molecular complexity index is 724. The molecule has 0 saturated carbocycles. The molecule has 0 aliphatic carbocycles. The molecule has 1 atom stereocenters. The Morgan fingerprint density at radius 2 is 2.04 bits per heavy atom. The molecule has 0 aliphatic heterocycles. The first kappa shape index (κ1) is 19.8. The van der Waals surface area contributed by atoms with Crippen molar-refractivity contribution in [3.8, 4) is 0 Å². The second kappa shape index (κ2) is 8.23. The monoisotopic (exact) mass is 424 g/mol. The van der Waals surface area contributed by atoms with Crippen molar-refractivity contribution in [1.29, 1.82) is 0 Å². The van der Waals surface area contributed by atoms with Crippen LogP contribution in [0.2, 0.25) is 0 Å². The lowest BCUT2D eigenvalue weighted by atomic mass is 10.1. The molecule has 1 unspecified atom stereocenters. The number of nitrogens with one attached hydrogen (secondary N) is 1. The van der Waals surface area contributed by atoms with Crippen LogP contribution < -0.4 is 5.32 Å². The van der Waals surface area contributed by atoms with Gasteiger partial charge in [-0.15, -0.1) is 11.3 Å². The zero-order valence-electron chi connectivity index (χ0n) is 15.3. The molecular formula is C19H25BrN2O2S. The van der Waals surface area contributed by atoms with Crippen molar-refractivity contribution in [2.45, 2.75) is 45.9 Å². The number of hydrogen-bond donors (Lipinski definition) is 1. The van der Waals surface area contributed by atoms with Gasteiger partial charge in [-0.1, -0.05) is 18.2 Å². The number of thiophene rings is 1. The molecule has 1 aromatic heterocycles. The van der Waals surface area contributed by atoms with E-state index in [0.717, 1.165) is 15.7 Å². The average Bonchev–Trinajstić information content (AvgIpc) is 2.94. The molecule has 136 valence electrons. The van der Waals surface area contributed by atoms with Crippen LogP contribution in [0.5, 0.6) is 0 Å². The van der Waals surface area contributed by atoms with Gasteiger partial charge in [-0.2, -0.15) is 0 Å². The molecule has 0 spiro atoms. The molecule has 1 amide bonds. The summed E-state index contributed by atoms with van der Waals surface area (Å²) in [6.45, 7) is 8.23. The van der Waals surface area contributed by atoms with Crippen LogP contribution >= 0.6 is 27.3 Å². The number of anilines is 1. The summed E-state index contributed by atoms with van der Waals surface area (Å²) in [4.78, 5) is 15.0. The molecule has 0 saturated heterocycles. The third-order valence-electron chi connectivity index (χ3n) is 3.52. The maximum atomic E-state index is 12.2. The van der Waals surface area contributed by atoms with Crippen LogP contribution in [0.3, 0.4) is 0 Å². The van der Waals surface area contributed by atoms with Gasteiger partial charge in [0, 0.05) is 27.5 Å². The number of benzene rings is 1. The third-order valence-corrected chi connectivity index (χ3v) is 5.39. The minimum absolute atomic E-state index is 0.185. The summed E-state index contributed by atoms with van der Waals surface area (Å²) in [6, 6.07) is 10.4. The minimum Gasteiger partial charge on any atom is -0.444 e. The van der Waals surface area contributed by atoms with Gasteiger partial charge in [0.05, 0.1) is 12.6 Å². The van der Waals surface area contributed by atoms with Crippen molar-refractivity contribution in [2.75, 3.05) is 12.4 Å². The number of carbonyl (C=O) groups excluding carboxylic acids is 1. The van der Waals surface area contributed by atoms with Gasteiger partial charge in [0.15, 0.2) is 0 Å². The first-order chi connectivity index (χ1) is 11.7. The summed E-state index contributed by atoms with van der Waals surface area (Å²) in [6.07, 6.45) is -0.322. The maximum Gasteiger partial charge on any atom is 0.410 e. The summed E-state index contributed by atoms with van der Waals surface area (Å²) in [7, 11) is 1.75. The van der Waals surface area contributed by atoms with Gasteiger partial charge >= 0.3 is 6.09 Å². The van der Waals surface area contributed by atoms with E-state index in [-0.39, 0.29) is 12.1 Å². The Balaban J connectivity index is 2.08. The molecule has 0 bridgehead atoms. The summed E-state index contributed by atoms with van der Waals surface area (Å²) in [5.41, 5.74) is 1.58. The smallest absolute Gasteiger partial charge is 0.410 e. The molecule has 1 heterocycles. The molecule has 1 aromatic carbocycles. The van der Waals surface area contributed by atoms with Crippen LogP contribution in [0.4, 0.5) is 10.5 Å². The largest absolute Gasteiger partial charge is 0.444 e. The molecule has 2 rings (SSSR count). The zero-order chi connectivity index (χ0) is 18.6. The molecule has 1 N–H and O–H groups in total. The second-order valence-electron chi connectivity index (χ2n) is 7.03. The number of nitrogens with zero attached hydrogens (tertiary/aromatic N) is 1. The van der Waals surface area contributed by atoms with Crippen molar-refractivity contribution >= 4 is 39.0 Å². The zero-order valence-corrected chi connectivity index (χ0v) is 17.7. The van der Waals surface area contributed by atoms with E-state index in [1.165, 1.54) is 4.88 Å². The van der Waals surface area contributed by atoms with E-state index >= 15 is 0 Å². The maximum absolute atomic E-state index is 12.2. The van der Waals surface area contributed by atoms with Gasteiger partial charge in [0.2, 0.25) is 0 Å². The number of para-hydroxylation sites is 1. The highest BCUT2D eigenvalue weighted by Crippen LogP contribution is 2.29. The summed E-state index contributed by atoms with van der Waals surface area (Å²) >= 11 is 5.21. The van der Waals surface area contributed by atoms with Crippen LogP contribution in [0.15, 0.2) is 40.2 Å². The normalized spacial score (nSPS) is 12.6. The predicted molar refractivity (Wildman–Crippen MR) is 108 cm³/mol. The molecule has 0 aliphatic rings. The van der Waals surface area contributed by atoms with Gasteiger partial charge in [-0.25, -0.2) is 4.79 Å². The predicted octanol–water partition coefficient (Wildman–Crippen LogP) is 6.05. The lowest BCUT2D eigenvalue weighted by Gasteiger charge is -2.25. The van der Waals surface area contributed by atoms with Gasteiger partial charge < -0.3 is 15.0 Å². The molecule has 2 aromatic rings. The van der Waals surface area contributed by atoms with E-state index in [2.05, 4.69) is 39.6 Å². The highest BCUT2D eigenvalue weighted by molar-refractivity contribution is 9.10. The Hall–Kier alpha value is -1.53. The summed E-state index contributed by atoms with van der Waals surface area (Å²) in [5, 5.41) is 5.62. The molecule has 6 heteroatoms. The van der Waals surface area contributed by atoms with Crippen molar-refractivity contribution in [1.82, 2.24) is 4.90 Å². The van der Waals surface area contributed by atoms with Crippen molar-refractivity contribution in [2.24, 2.45) is 0 Å². The molecule has 25 heavy (non-hydrogen) atoms. The van der Waals surface area contributed by atoms with Gasteiger partial charge in [0.25, 0.3) is 0 Å². The Kier molecular flexibility index (Phi) is 6.52. The Morgan fingerprint density at radius 3 is 2.64 bits per heavy atom. The van der Waals surface area contributed by atoms with Crippen LogP contribution in [-0.4, -0.2) is 23.6 Å². The highest BCUT2D eigenvalue weighted by Gasteiger charge is 2.20. The second-order valence-corrected chi connectivity index (χ2v) is 8.89. The fourth-order valence-electron chi connectivity index (χ4n) is 2.32. The first-order valence-corrected chi connectivity index (χ1v) is 9.85. The van der Waals surface area contributed by atoms with E-state index in [4.69, 9.17) is 4.74 Å². The van der Waals surface area contributed by atoms with Crippen molar-refractivity contribution < 1.29 is 9.53 Å². The Labute approximate surface area is 162 Å². The van der Waals surface area contributed by atoms with E-state index in [1.807, 2.05) is 45.0 Å². The molecule has 0 radical (unpaired) electrons. The molecule has 4 nitrogen and oxygen atoms in total. The Morgan fingerprint density at radius 1 is 1.36 bits per heavy atom. The van der Waals surface area contributed by atoms with Crippen LogP contribution in [0, 0.1) is 0 Å². The third kappa shape index (κ3) is 6.04. The number of halogens is 1. The van der Waals surface area contributed by atoms with Crippen LogP contribution in [0.25, 0.3) is 0 Å². The van der Waals surface area contributed by atoms with Gasteiger partial charge in [-0.05, 0) is 61.3 Å². The number of amides is 1. The fraction of sp³-hybridized carbons (Fsp3) is 0.421. The van der Waals surface area contributed by atoms with E-state index < -0.39 is 5.60 Å². The van der Waals surface area contributed by atoms with E-state index in [9.17, 15) is 4.79 Å². The average molecular weight is 425 g/mol. The fourth-order valence-corrected chi connectivity index (χ4v) is 3.77. The highest BCUT2D eigenvalue weighted by atomic mass is 79.9. The molecular weight excluding hydrogens is 400 g/mol. The van der Waals surface area contributed by atoms with E-state index in [1.54, 1.807) is 23.3 Å². The van der Waals surface area contributed by atoms with Crippen molar-refractivity contribution in [3.05, 3.63) is 50.6 Å². The topological polar surface area (TPSA) is 41.6 Å². The number of ether oxygens (including phenoxy) is 1. The van der Waals surface area contributed by atoms with Crippen LogP contribution in [0.1, 0.15) is 44.2 Å². The first-order valence-electron chi connectivity index (χ1n) is 8.18. The van der Waals surface area contributed by atoms with E-state index in [0.29, 0.717) is 6.54 Å². The number of hydrogen-bond acceptors (Lipinski definition) is 4. The lowest BCUT2D eigenvalue weighted by molar-refractivity contribution is 0.0285. The SMILES string of the molecule is CC(Nc1ccccc1CN(C)C(=O)OC(C)(C)C)c1cc(Br)cs1. The lowest BCUT2D eigenvalue weighted by Crippen LogP contribution is -2.34. The van der Waals surface area contributed by atoms with Gasteiger partial charge in [0.1, 0.15) is 5.60 Å².